The Hall–Kier alpha value is -3.48. The first-order valence-electron chi connectivity index (χ1n) is 8.56. The fraction of sp³-hybridized carbons (Fsp3) is 0.0952. The van der Waals surface area contributed by atoms with Crippen LogP contribution in [0.1, 0.15) is 6.92 Å². The zero-order chi connectivity index (χ0) is 19.8. The van der Waals surface area contributed by atoms with E-state index in [-0.39, 0.29) is 0 Å². The van der Waals surface area contributed by atoms with Gasteiger partial charge in [-0.25, -0.2) is 13.2 Å². The second-order valence-electron chi connectivity index (χ2n) is 6.39. The van der Waals surface area contributed by atoms with Gasteiger partial charge in [-0.05, 0) is 43.3 Å². The molecule has 4 nitrogen and oxygen atoms in total. The van der Waals surface area contributed by atoms with Crippen LogP contribution in [0.15, 0.2) is 59.0 Å². The Labute approximate surface area is 157 Å². The summed E-state index contributed by atoms with van der Waals surface area (Å²) in [5.41, 5.74) is 1.71. The van der Waals surface area contributed by atoms with Crippen molar-refractivity contribution < 1.29 is 22.4 Å². The summed E-state index contributed by atoms with van der Waals surface area (Å²) in [5, 5.41) is 7.10. The maximum atomic E-state index is 13.7. The van der Waals surface area contributed by atoms with Crippen LogP contribution in [0.5, 0.6) is 0 Å². The third-order valence-electron chi connectivity index (χ3n) is 4.45. The first kappa shape index (κ1) is 17.9. The molecule has 0 saturated carbocycles. The van der Waals surface area contributed by atoms with Crippen LogP contribution >= 0.6 is 0 Å². The van der Waals surface area contributed by atoms with Crippen molar-refractivity contribution in [1.82, 2.24) is 0 Å². The van der Waals surface area contributed by atoms with Crippen molar-refractivity contribution in [2.24, 2.45) is 0 Å². The summed E-state index contributed by atoms with van der Waals surface area (Å²) in [6.45, 7) is 1.57. The van der Waals surface area contributed by atoms with Crippen LogP contribution < -0.4 is 10.6 Å². The molecule has 0 spiro atoms. The molecule has 1 amide bonds. The van der Waals surface area contributed by atoms with Gasteiger partial charge in [-0.2, -0.15) is 0 Å². The molecule has 0 saturated heterocycles. The number of nitrogens with one attached hydrogen (secondary N) is 2. The first-order valence-corrected chi connectivity index (χ1v) is 8.56. The van der Waals surface area contributed by atoms with Crippen LogP contribution in [0.4, 0.5) is 24.5 Å². The summed E-state index contributed by atoms with van der Waals surface area (Å²) in [7, 11) is 0. The molecule has 0 aliphatic rings. The summed E-state index contributed by atoms with van der Waals surface area (Å²) < 4.78 is 45.8. The molecular formula is C21H15F3N2O2. The second-order valence-corrected chi connectivity index (χ2v) is 6.39. The number of fused-ring (bicyclic) bond motifs is 3. The van der Waals surface area contributed by atoms with E-state index in [0.717, 1.165) is 28.5 Å². The maximum Gasteiger partial charge on any atom is 0.246 e. The second kappa shape index (κ2) is 6.92. The molecule has 0 fully saturated rings. The Kier molecular flexibility index (Phi) is 4.43. The quantitative estimate of drug-likeness (QED) is 0.461. The zero-order valence-corrected chi connectivity index (χ0v) is 14.7. The Morgan fingerprint density at radius 2 is 1.68 bits per heavy atom. The lowest BCUT2D eigenvalue weighted by Crippen LogP contribution is -2.32. The Balaban J connectivity index is 1.54. The van der Waals surface area contributed by atoms with Crippen LogP contribution in [0.25, 0.3) is 21.9 Å². The van der Waals surface area contributed by atoms with Gasteiger partial charge >= 0.3 is 0 Å². The number of amides is 1. The maximum absolute atomic E-state index is 13.7. The van der Waals surface area contributed by atoms with Gasteiger partial charge < -0.3 is 15.1 Å². The van der Waals surface area contributed by atoms with Crippen LogP contribution in [0.2, 0.25) is 0 Å². The largest absolute Gasteiger partial charge is 0.456 e. The zero-order valence-electron chi connectivity index (χ0n) is 14.7. The van der Waals surface area contributed by atoms with E-state index < -0.39 is 35.1 Å². The van der Waals surface area contributed by atoms with Gasteiger partial charge in [0.1, 0.15) is 17.2 Å². The van der Waals surface area contributed by atoms with Crippen molar-refractivity contribution in [3.05, 3.63) is 72.0 Å². The van der Waals surface area contributed by atoms with Gasteiger partial charge in [0.25, 0.3) is 0 Å². The Morgan fingerprint density at radius 3 is 2.50 bits per heavy atom. The fourth-order valence-corrected chi connectivity index (χ4v) is 2.99. The van der Waals surface area contributed by atoms with Gasteiger partial charge in [-0.1, -0.05) is 18.2 Å². The molecule has 142 valence electrons. The van der Waals surface area contributed by atoms with E-state index in [1.807, 2.05) is 30.3 Å². The highest BCUT2D eigenvalue weighted by Crippen LogP contribution is 2.30. The molecule has 2 N–H and O–H groups in total. The third kappa shape index (κ3) is 3.15. The summed E-state index contributed by atoms with van der Waals surface area (Å²) in [4.78, 5) is 12.3. The van der Waals surface area contributed by atoms with Gasteiger partial charge in [0.2, 0.25) is 5.91 Å². The minimum absolute atomic E-state index is 0.422. The van der Waals surface area contributed by atoms with E-state index >= 15 is 0 Å². The monoisotopic (exact) mass is 384 g/mol. The lowest BCUT2D eigenvalue weighted by molar-refractivity contribution is -0.116. The van der Waals surface area contributed by atoms with Crippen molar-refractivity contribution >= 4 is 39.2 Å². The minimum Gasteiger partial charge on any atom is -0.456 e. The topological polar surface area (TPSA) is 54.3 Å². The van der Waals surface area contributed by atoms with E-state index in [2.05, 4.69) is 10.6 Å². The molecule has 1 aromatic heterocycles. The fourth-order valence-electron chi connectivity index (χ4n) is 2.99. The van der Waals surface area contributed by atoms with E-state index in [0.29, 0.717) is 11.3 Å². The molecule has 1 atom stereocenters. The molecule has 3 aromatic carbocycles. The van der Waals surface area contributed by atoms with Gasteiger partial charge in [-0.3, -0.25) is 4.79 Å². The first-order chi connectivity index (χ1) is 13.4. The molecule has 28 heavy (non-hydrogen) atoms. The summed E-state index contributed by atoms with van der Waals surface area (Å²) in [5.74, 6) is -4.98. The average Bonchev–Trinajstić information content (AvgIpc) is 3.06. The molecule has 1 heterocycles. The molecule has 4 aromatic rings. The van der Waals surface area contributed by atoms with Gasteiger partial charge in [-0.15, -0.1) is 0 Å². The summed E-state index contributed by atoms with van der Waals surface area (Å²) >= 11 is 0. The normalized spacial score (nSPS) is 12.3. The standard InChI is InChI=1S/C21H15F3N2O2/c1-11(21(27)26-16-8-7-15(22)19(23)20(16)24)25-12-6-9-18-14(10-12)13-4-2-3-5-17(13)28-18/h2-11,25H,1H3,(H,26,27)/t11-/m0/s1. The number of anilines is 2. The molecule has 0 aliphatic carbocycles. The number of hydrogen-bond acceptors (Lipinski definition) is 3. The summed E-state index contributed by atoms with van der Waals surface area (Å²) in [6, 6.07) is 14.0. The van der Waals surface area contributed by atoms with Crippen molar-refractivity contribution in [1.29, 1.82) is 0 Å². The van der Waals surface area contributed by atoms with Crippen molar-refractivity contribution in [2.75, 3.05) is 10.6 Å². The predicted molar refractivity (Wildman–Crippen MR) is 102 cm³/mol. The number of halogens is 3. The SMILES string of the molecule is C[C@H](Nc1ccc2oc3ccccc3c2c1)C(=O)Nc1ccc(F)c(F)c1F. The lowest BCUT2D eigenvalue weighted by atomic mass is 10.1. The minimum atomic E-state index is -1.63. The van der Waals surface area contributed by atoms with E-state index in [1.54, 1.807) is 19.1 Å². The number of hydrogen-bond donors (Lipinski definition) is 2. The van der Waals surface area contributed by atoms with Crippen molar-refractivity contribution in [2.45, 2.75) is 13.0 Å². The van der Waals surface area contributed by atoms with Gasteiger partial charge in [0, 0.05) is 16.5 Å². The smallest absolute Gasteiger partial charge is 0.246 e. The van der Waals surface area contributed by atoms with E-state index in [9.17, 15) is 18.0 Å². The molecule has 0 unspecified atom stereocenters. The predicted octanol–water partition coefficient (Wildman–Crippen LogP) is 5.44. The van der Waals surface area contributed by atoms with Gasteiger partial charge in [0.05, 0.1) is 5.69 Å². The summed E-state index contributed by atoms with van der Waals surface area (Å²) in [6.07, 6.45) is 0. The molecule has 4 rings (SSSR count). The van der Waals surface area contributed by atoms with E-state index in [1.165, 1.54) is 0 Å². The molecule has 7 heteroatoms. The number of benzene rings is 3. The molecule has 0 aliphatic heterocycles. The van der Waals surface area contributed by atoms with Crippen molar-refractivity contribution in [3.63, 3.8) is 0 Å². The number of furan rings is 1. The number of carbonyl (C=O) groups is 1. The molecular weight excluding hydrogens is 369 g/mol. The Morgan fingerprint density at radius 1 is 0.929 bits per heavy atom. The van der Waals surface area contributed by atoms with Crippen molar-refractivity contribution in [3.8, 4) is 0 Å². The number of rotatable bonds is 4. The van der Waals surface area contributed by atoms with Crippen LogP contribution in [0, 0.1) is 17.5 Å². The number of carbonyl (C=O) groups excluding carboxylic acids is 1. The Bertz CT molecular complexity index is 1200. The molecule has 0 radical (unpaired) electrons. The number of para-hydroxylation sites is 1. The van der Waals surface area contributed by atoms with E-state index in [4.69, 9.17) is 4.42 Å². The van der Waals surface area contributed by atoms with Gasteiger partial charge in [0.15, 0.2) is 17.5 Å². The third-order valence-corrected chi connectivity index (χ3v) is 4.45. The lowest BCUT2D eigenvalue weighted by Gasteiger charge is -2.16. The van der Waals surface area contributed by atoms with Crippen LogP contribution in [-0.2, 0) is 4.79 Å². The van der Waals surface area contributed by atoms with Crippen LogP contribution in [0.3, 0.4) is 0 Å². The van der Waals surface area contributed by atoms with Crippen LogP contribution in [-0.4, -0.2) is 11.9 Å². The average molecular weight is 384 g/mol. The molecule has 0 bridgehead atoms. The highest BCUT2D eigenvalue weighted by molar-refractivity contribution is 6.06. The highest BCUT2D eigenvalue weighted by atomic mass is 19.2. The highest BCUT2D eigenvalue weighted by Gasteiger charge is 2.19.